The van der Waals surface area contributed by atoms with Crippen molar-refractivity contribution < 1.29 is 43.9 Å². The molecule has 0 saturated carbocycles. The third-order valence-electron chi connectivity index (χ3n) is 5.06. The molecule has 2 rings (SSSR count). The highest BCUT2D eigenvalue weighted by Gasteiger charge is 2.34. The van der Waals surface area contributed by atoms with Crippen molar-refractivity contribution in [2.24, 2.45) is 5.41 Å². The number of methoxy groups -OCH3 is 2. The molecule has 0 aromatic heterocycles. The Balaban J connectivity index is 2.05. The van der Waals surface area contributed by atoms with Gasteiger partial charge in [0, 0.05) is 0 Å². The average molecular weight is 485 g/mol. The highest BCUT2D eigenvalue weighted by atomic mass is 16.6. The van der Waals surface area contributed by atoms with Crippen molar-refractivity contribution in [2.75, 3.05) is 27.4 Å². The van der Waals surface area contributed by atoms with Crippen LogP contribution in [-0.4, -0.2) is 60.3 Å². The minimum absolute atomic E-state index is 0.0435. The van der Waals surface area contributed by atoms with Crippen molar-refractivity contribution in [2.45, 2.75) is 13.3 Å². The number of allylic oxidation sites excluding steroid dienone is 2. The second-order valence-electron chi connectivity index (χ2n) is 7.88. The third kappa shape index (κ3) is 7.53. The molecule has 0 aliphatic carbocycles. The van der Waals surface area contributed by atoms with Crippen LogP contribution in [0.5, 0.6) is 23.0 Å². The van der Waals surface area contributed by atoms with Crippen LogP contribution in [-0.2, 0) is 14.4 Å². The lowest BCUT2D eigenvalue weighted by molar-refractivity contribution is -0.150. The van der Waals surface area contributed by atoms with Crippen LogP contribution in [0.2, 0.25) is 0 Å². The molecule has 0 radical (unpaired) electrons. The highest BCUT2D eigenvalue weighted by molar-refractivity contribution is 6.10. The fourth-order valence-electron chi connectivity index (χ4n) is 2.76. The molecule has 186 valence electrons. The van der Waals surface area contributed by atoms with E-state index in [1.807, 2.05) is 0 Å². The van der Waals surface area contributed by atoms with Crippen LogP contribution >= 0.6 is 0 Å². The van der Waals surface area contributed by atoms with E-state index in [1.54, 1.807) is 18.2 Å². The van der Waals surface area contributed by atoms with Gasteiger partial charge in [-0.1, -0.05) is 24.3 Å². The molecule has 3 N–H and O–H groups in total. The van der Waals surface area contributed by atoms with E-state index in [0.29, 0.717) is 16.9 Å². The molecule has 2 aromatic rings. The van der Waals surface area contributed by atoms with Gasteiger partial charge < -0.3 is 29.5 Å². The number of aromatic hydroxyl groups is 1. The van der Waals surface area contributed by atoms with Gasteiger partial charge in [0.2, 0.25) is 0 Å². The summed E-state index contributed by atoms with van der Waals surface area (Å²) in [6, 6.07) is 9.24. The molecule has 2 aromatic carbocycles. The number of phenols is 1. The second kappa shape index (κ2) is 12.5. The number of hydrogen-bond acceptors (Lipinski definition) is 9. The quantitative estimate of drug-likeness (QED) is 0.179. The lowest BCUT2D eigenvalue weighted by atomic mass is 9.93. The Morgan fingerprint density at radius 1 is 0.829 bits per heavy atom. The fourth-order valence-corrected chi connectivity index (χ4v) is 2.76. The number of esters is 1. The lowest BCUT2D eigenvalue weighted by Gasteiger charge is -2.22. The van der Waals surface area contributed by atoms with Gasteiger partial charge >= 0.3 is 5.97 Å². The molecule has 0 saturated heterocycles. The molecule has 0 fully saturated rings. The molecular formula is C26H28O9. The van der Waals surface area contributed by atoms with E-state index in [0.717, 1.165) is 0 Å². The first-order valence-electron chi connectivity index (χ1n) is 10.6. The number of carbonyl (C=O) groups is 3. The number of aliphatic hydroxyl groups excluding tert-OH is 2. The molecule has 0 aliphatic heterocycles. The van der Waals surface area contributed by atoms with Crippen molar-refractivity contribution in [3.05, 3.63) is 59.7 Å². The van der Waals surface area contributed by atoms with E-state index in [4.69, 9.17) is 14.2 Å². The highest BCUT2D eigenvalue weighted by Crippen LogP contribution is 2.31. The first-order valence-corrected chi connectivity index (χ1v) is 10.6. The van der Waals surface area contributed by atoms with E-state index in [9.17, 15) is 29.7 Å². The third-order valence-corrected chi connectivity index (χ3v) is 5.06. The van der Waals surface area contributed by atoms with Crippen LogP contribution in [0.25, 0.3) is 12.2 Å². The fraction of sp³-hybridized carbons (Fsp3) is 0.269. The number of aliphatic hydroxyl groups is 2. The van der Waals surface area contributed by atoms with Gasteiger partial charge in [-0.15, -0.1) is 0 Å². The monoisotopic (exact) mass is 484 g/mol. The Hall–Kier alpha value is -3.95. The molecule has 0 unspecified atom stereocenters. The first-order chi connectivity index (χ1) is 16.6. The molecule has 0 spiro atoms. The first kappa shape index (κ1) is 27.3. The summed E-state index contributed by atoms with van der Waals surface area (Å²) in [4.78, 5) is 36.7. The van der Waals surface area contributed by atoms with Crippen LogP contribution in [0.3, 0.4) is 0 Å². The summed E-state index contributed by atoms with van der Waals surface area (Å²) < 4.78 is 15.4. The molecule has 0 heterocycles. The number of hydrogen-bond donors (Lipinski definition) is 3. The van der Waals surface area contributed by atoms with Crippen molar-refractivity contribution in [1.29, 1.82) is 0 Å². The van der Waals surface area contributed by atoms with Gasteiger partial charge in [0.25, 0.3) is 0 Å². The van der Waals surface area contributed by atoms with Crippen LogP contribution in [0.4, 0.5) is 0 Å². The molecule has 9 heteroatoms. The smallest absolute Gasteiger partial charge is 0.322 e. The maximum absolute atomic E-state index is 12.3. The summed E-state index contributed by atoms with van der Waals surface area (Å²) in [5.74, 6) is -1.19. The summed E-state index contributed by atoms with van der Waals surface area (Å²) in [6.07, 6.45) is 5.05. The number of benzene rings is 2. The van der Waals surface area contributed by atoms with Crippen LogP contribution < -0.4 is 14.2 Å². The summed E-state index contributed by atoms with van der Waals surface area (Å²) >= 11 is 0. The summed E-state index contributed by atoms with van der Waals surface area (Å²) in [6.45, 7) is 0.134. The molecule has 0 atom stereocenters. The number of ether oxygens (including phenoxy) is 3. The zero-order chi connectivity index (χ0) is 26.0. The van der Waals surface area contributed by atoms with Gasteiger partial charge in [0.05, 0.1) is 33.9 Å². The lowest BCUT2D eigenvalue weighted by Crippen LogP contribution is -2.38. The van der Waals surface area contributed by atoms with Gasteiger partial charge in [-0.05, 0) is 54.5 Å². The zero-order valence-electron chi connectivity index (χ0n) is 19.7. The topological polar surface area (TPSA) is 140 Å². The summed E-state index contributed by atoms with van der Waals surface area (Å²) in [5.41, 5.74) is -0.433. The standard InChI is InChI=1S/C26H28O9/c1-26(15-27,16-28)25(32)35-24-13-18(7-11-23(24)34-3)5-9-20(30)14-19(29)8-4-17-6-10-22(33-2)21(31)12-17/h4-13,27-28,31H,14-16H2,1-3H3/b8-4+,9-5+. The van der Waals surface area contributed by atoms with Gasteiger partial charge in [-0.3, -0.25) is 14.4 Å². The molecular weight excluding hydrogens is 456 g/mol. The molecule has 0 bridgehead atoms. The minimum Gasteiger partial charge on any atom is -0.504 e. The number of rotatable bonds is 12. The van der Waals surface area contributed by atoms with E-state index >= 15 is 0 Å². The molecule has 35 heavy (non-hydrogen) atoms. The van der Waals surface area contributed by atoms with Gasteiger partial charge in [0.1, 0.15) is 5.41 Å². The Bertz CT molecular complexity index is 1130. The van der Waals surface area contributed by atoms with E-state index in [-0.39, 0.29) is 23.7 Å². The number of ketones is 2. The van der Waals surface area contributed by atoms with E-state index in [2.05, 4.69) is 0 Å². The molecule has 0 amide bonds. The predicted molar refractivity (Wildman–Crippen MR) is 128 cm³/mol. The summed E-state index contributed by atoms with van der Waals surface area (Å²) in [5, 5.41) is 28.5. The largest absolute Gasteiger partial charge is 0.504 e. The average Bonchev–Trinajstić information content (AvgIpc) is 2.85. The minimum atomic E-state index is -1.49. The van der Waals surface area contributed by atoms with Crippen LogP contribution in [0, 0.1) is 5.41 Å². The van der Waals surface area contributed by atoms with Gasteiger partial charge in [-0.2, -0.15) is 0 Å². The normalized spacial score (nSPS) is 11.6. The van der Waals surface area contributed by atoms with Crippen LogP contribution in [0.15, 0.2) is 48.6 Å². The number of phenolic OH excluding ortho intramolecular Hbond substituents is 1. The van der Waals surface area contributed by atoms with Gasteiger partial charge in [-0.25, -0.2) is 0 Å². The number of carbonyl (C=O) groups excluding carboxylic acids is 3. The zero-order valence-corrected chi connectivity index (χ0v) is 19.7. The Morgan fingerprint density at radius 3 is 1.83 bits per heavy atom. The van der Waals surface area contributed by atoms with Crippen LogP contribution in [0.1, 0.15) is 24.5 Å². The van der Waals surface area contributed by atoms with E-state index < -0.39 is 36.2 Å². The Morgan fingerprint density at radius 2 is 1.34 bits per heavy atom. The van der Waals surface area contributed by atoms with Gasteiger partial charge in [0.15, 0.2) is 34.6 Å². The predicted octanol–water partition coefficient (Wildman–Crippen LogP) is 2.56. The molecule has 0 aliphatic rings. The summed E-state index contributed by atoms with van der Waals surface area (Å²) in [7, 11) is 2.81. The maximum Gasteiger partial charge on any atom is 0.322 e. The van der Waals surface area contributed by atoms with E-state index in [1.165, 1.54) is 63.6 Å². The molecule has 9 nitrogen and oxygen atoms in total. The SMILES string of the molecule is COc1ccc(/C=C/C(=O)CC(=O)/C=C/c2ccc(OC)c(OC(=O)C(C)(CO)CO)c2)cc1O. The van der Waals surface area contributed by atoms with Crippen molar-refractivity contribution >= 4 is 29.7 Å². The maximum atomic E-state index is 12.3. The van der Waals surface area contributed by atoms with Crippen molar-refractivity contribution in [3.63, 3.8) is 0 Å². The van der Waals surface area contributed by atoms with Crippen molar-refractivity contribution in [3.8, 4) is 23.0 Å². The Kier molecular flexibility index (Phi) is 9.74. The second-order valence-corrected chi connectivity index (χ2v) is 7.88. The van der Waals surface area contributed by atoms with Crippen molar-refractivity contribution in [1.82, 2.24) is 0 Å². The Labute approximate surface area is 202 Å².